The topological polar surface area (TPSA) is 124 Å². The Hall–Kier alpha value is -3.59. The van der Waals surface area contributed by atoms with Crippen molar-refractivity contribution >= 4 is 33.4 Å². The summed E-state index contributed by atoms with van der Waals surface area (Å²) in [5.41, 5.74) is 8.73. The molecule has 1 atom stereocenters. The third-order valence-electron chi connectivity index (χ3n) is 5.33. The molecule has 1 saturated heterocycles. The van der Waals surface area contributed by atoms with Gasteiger partial charge in [-0.15, -0.1) is 21.5 Å². The standard InChI is InChI=1S/C22H19N5O3S/c23-21(28)13-3-1-12(2-4-13)14-5-6-16-17(9-14)31-20(25-16)11-19-27-26-18(30-19)10-15-7-8-24-22(15)29/h1-6,9,15H,7-8,10-11H2,(H2,23,28)(H,24,29). The van der Waals surface area contributed by atoms with E-state index in [1.165, 1.54) is 0 Å². The van der Waals surface area contributed by atoms with Crippen molar-refractivity contribution in [2.75, 3.05) is 6.54 Å². The second-order valence-electron chi connectivity index (χ2n) is 7.48. The maximum absolute atomic E-state index is 11.7. The van der Waals surface area contributed by atoms with Crippen molar-refractivity contribution in [1.82, 2.24) is 20.5 Å². The fourth-order valence-corrected chi connectivity index (χ4v) is 4.67. The number of nitrogens with two attached hydrogens (primary N) is 1. The zero-order valence-corrected chi connectivity index (χ0v) is 17.3. The number of hydrogen-bond donors (Lipinski definition) is 2. The highest BCUT2D eigenvalue weighted by Crippen LogP contribution is 2.29. The SMILES string of the molecule is NC(=O)c1ccc(-c2ccc3nc(Cc4nnc(CC5CCNC5=O)o4)sc3c2)cc1. The summed E-state index contributed by atoms with van der Waals surface area (Å²) in [5.74, 6) is 0.497. The molecule has 0 spiro atoms. The van der Waals surface area contributed by atoms with Crippen LogP contribution in [0.3, 0.4) is 0 Å². The summed E-state index contributed by atoms with van der Waals surface area (Å²) in [4.78, 5) is 27.7. The van der Waals surface area contributed by atoms with Gasteiger partial charge in [-0.05, 0) is 41.8 Å². The van der Waals surface area contributed by atoms with Crippen LogP contribution >= 0.6 is 11.3 Å². The lowest BCUT2D eigenvalue weighted by molar-refractivity contribution is -0.122. The molecule has 2 aromatic carbocycles. The van der Waals surface area contributed by atoms with E-state index in [1.54, 1.807) is 23.5 Å². The van der Waals surface area contributed by atoms with Gasteiger partial charge in [0, 0.05) is 24.4 Å². The van der Waals surface area contributed by atoms with Gasteiger partial charge in [-0.1, -0.05) is 18.2 Å². The van der Waals surface area contributed by atoms with Crippen LogP contribution in [0.2, 0.25) is 0 Å². The predicted octanol–water partition coefficient (Wildman–Crippen LogP) is 2.71. The van der Waals surface area contributed by atoms with Gasteiger partial charge in [0.05, 0.1) is 16.6 Å². The number of aromatic nitrogens is 3. The third kappa shape index (κ3) is 4.04. The maximum atomic E-state index is 11.7. The second kappa shape index (κ2) is 7.92. The average Bonchev–Trinajstić information content (AvgIpc) is 3.48. The molecular formula is C22H19N5O3S. The van der Waals surface area contributed by atoms with Crippen LogP contribution in [0.4, 0.5) is 0 Å². The minimum atomic E-state index is -0.440. The first kappa shape index (κ1) is 19.4. The summed E-state index contributed by atoms with van der Waals surface area (Å²) >= 11 is 1.57. The maximum Gasteiger partial charge on any atom is 0.248 e. The van der Waals surface area contributed by atoms with E-state index in [9.17, 15) is 9.59 Å². The summed E-state index contributed by atoms with van der Waals surface area (Å²) < 4.78 is 6.79. The van der Waals surface area contributed by atoms with E-state index in [0.29, 0.717) is 36.7 Å². The Kier molecular flexibility index (Phi) is 4.95. The van der Waals surface area contributed by atoms with Crippen LogP contribution in [0.1, 0.15) is 33.6 Å². The smallest absolute Gasteiger partial charge is 0.248 e. The Morgan fingerprint density at radius 2 is 1.90 bits per heavy atom. The fourth-order valence-electron chi connectivity index (χ4n) is 3.68. The fraction of sp³-hybridized carbons (Fsp3) is 0.227. The van der Waals surface area contributed by atoms with Crippen LogP contribution in [0, 0.1) is 5.92 Å². The third-order valence-corrected chi connectivity index (χ3v) is 6.35. The number of benzene rings is 2. The number of carbonyl (C=O) groups is 2. The van der Waals surface area contributed by atoms with E-state index in [-0.39, 0.29) is 11.8 Å². The van der Waals surface area contributed by atoms with E-state index >= 15 is 0 Å². The lowest BCUT2D eigenvalue weighted by atomic mass is 10.0. The quantitative estimate of drug-likeness (QED) is 0.482. The minimum Gasteiger partial charge on any atom is -0.425 e. The Morgan fingerprint density at radius 1 is 1.13 bits per heavy atom. The highest BCUT2D eigenvalue weighted by molar-refractivity contribution is 7.18. The van der Waals surface area contributed by atoms with Crippen LogP contribution in [0.25, 0.3) is 21.3 Å². The molecule has 2 amide bonds. The first-order chi connectivity index (χ1) is 15.0. The molecule has 0 radical (unpaired) electrons. The van der Waals surface area contributed by atoms with Crippen molar-refractivity contribution in [3.63, 3.8) is 0 Å². The molecule has 2 aromatic heterocycles. The van der Waals surface area contributed by atoms with Gasteiger partial charge in [0.25, 0.3) is 0 Å². The largest absolute Gasteiger partial charge is 0.425 e. The first-order valence-corrected chi connectivity index (χ1v) is 10.8. The lowest BCUT2D eigenvalue weighted by Gasteiger charge is -2.02. The number of nitrogens with zero attached hydrogens (tertiary/aromatic N) is 3. The molecular weight excluding hydrogens is 414 g/mol. The molecule has 0 bridgehead atoms. The predicted molar refractivity (Wildman–Crippen MR) is 115 cm³/mol. The van der Waals surface area contributed by atoms with Gasteiger partial charge in [0.2, 0.25) is 23.6 Å². The zero-order valence-electron chi connectivity index (χ0n) is 16.5. The van der Waals surface area contributed by atoms with Gasteiger partial charge in [-0.2, -0.15) is 0 Å². The Labute approximate surface area is 181 Å². The summed E-state index contributed by atoms with van der Waals surface area (Å²) in [7, 11) is 0. The van der Waals surface area contributed by atoms with Crippen molar-refractivity contribution in [2.45, 2.75) is 19.3 Å². The molecule has 156 valence electrons. The Morgan fingerprint density at radius 3 is 2.65 bits per heavy atom. The first-order valence-electron chi connectivity index (χ1n) is 9.94. The van der Waals surface area contributed by atoms with E-state index in [4.69, 9.17) is 10.2 Å². The Balaban J connectivity index is 1.32. The monoisotopic (exact) mass is 433 g/mol. The van der Waals surface area contributed by atoms with Gasteiger partial charge in [0.15, 0.2) is 0 Å². The van der Waals surface area contributed by atoms with Gasteiger partial charge in [-0.25, -0.2) is 4.98 Å². The molecule has 31 heavy (non-hydrogen) atoms. The summed E-state index contributed by atoms with van der Waals surface area (Å²) in [6.45, 7) is 0.702. The van der Waals surface area contributed by atoms with Crippen molar-refractivity contribution < 1.29 is 14.0 Å². The van der Waals surface area contributed by atoms with Crippen molar-refractivity contribution in [3.8, 4) is 11.1 Å². The van der Waals surface area contributed by atoms with E-state index in [2.05, 4.69) is 26.6 Å². The van der Waals surface area contributed by atoms with Gasteiger partial charge >= 0.3 is 0 Å². The second-order valence-corrected chi connectivity index (χ2v) is 8.59. The number of rotatable bonds is 6. The number of thiazole rings is 1. The zero-order chi connectivity index (χ0) is 21.4. The van der Waals surface area contributed by atoms with Crippen LogP contribution in [-0.2, 0) is 17.6 Å². The molecule has 1 fully saturated rings. The summed E-state index contributed by atoms with van der Waals surface area (Å²) in [6.07, 6.45) is 1.71. The van der Waals surface area contributed by atoms with E-state index in [1.807, 2.05) is 24.3 Å². The minimum absolute atomic E-state index is 0.0472. The molecule has 1 aliphatic heterocycles. The lowest BCUT2D eigenvalue weighted by Crippen LogP contribution is -2.20. The molecule has 1 aliphatic rings. The molecule has 4 aromatic rings. The molecule has 3 N–H and O–H groups in total. The Bertz CT molecular complexity index is 1280. The average molecular weight is 433 g/mol. The molecule has 5 rings (SSSR count). The molecule has 9 heteroatoms. The highest BCUT2D eigenvalue weighted by atomic mass is 32.1. The molecule has 1 unspecified atom stereocenters. The van der Waals surface area contributed by atoms with Crippen LogP contribution in [-0.4, -0.2) is 33.5 Å². The van der Waals surface area contributed by atoms with Crippen molar-refractivity contribution in [3.05, 3.63) is 64.8 Å². The molecule has 0 saturated carbocycles. The van der Waals surface area contributed by atoms with E-state index in [0.717, 1.165) is 32.8 Å². The highest BCUT2D eigenvalue weighted by Gasteiger charge is 2.26. The molecule has 8 nitrogen and oxygen atoms in total. The van der Waals surface area contributed by atoms with Gasteiger partial charge in [-0.3, -0.25) is 9.59 Å². The number of hydrogen-bond acceptors (Lipinski definition) is 7. The van der Waals surface area contributed by atoms with Crippen LogP contribution in [0.15, 0.2) is 46.9 Å². The van der Waals surface area contributed by atoms with Crippen molar-refractivity contribution in [2.24, 2.45) is 11.7 Å². The summed E-state index contributed by atoms with van der Waals surface area (Å²) in [5, 5.41) is 11.9. The van der Waals surface area contributed by atoms with Gasteiger partial charge < -0.3 is 15.5 Å². The number of nitrogens with one attached hydrogen (secondary N) is 1. The number of amides is 2. The normalized spacial score (nSPS) is 16.0. The van der Waals surface area contributed by atoms with Crippen molar-refractivity contribution in [1.29, 1.82) is 0 Å². The summed E-state index contributed by atoms with van der Waals surface area (Å²) in [6, 6.07) is 13.3. The number of primary amides is 1. The molecule has 0 aliphatic carbocycles. The number of carbonyl (C=O) groups excluding carboxylic acids is 2. The van der Waals surface area contributed by atoms with E-state index < -0.39 is 5.91 Å². The van der Waals surface area contributed by atoms with Gasteiger partial charge in [0.1, 0.15) is 5.01 Å². The number of fused-ring (bicyclic) bond motifs is 1. The van der Waals surface area contributed by atoms with Crippen LogP contribution in [0.5, 0.6) is 0 Å². The molecule has 3 heterocycles. The van der Waals surface area contributed by atoms with Crippen LogP contribution < -0.4 is 11.1 Å².